The van der Waals surface area contributed by atoms with Gasteiger partial charge in [-0.05, 0) is 36.1 Å². The molecule has 0 bridgehead atoms. The van der Waals surface area contributed by atoms with Gasteiger partial charge in [0, 0.05) is 12.6 Å². The number of carbonyl (C=O) groups excluding carboxylic acids is 2. The van der Waals surface area contributed by atoms with Gasteiger partial charge >= 0.3 is 12.6 Å². The number of carbonyl (C=O) groups is 2. The van der Waals surface area contributed by atoms with E-state index in [1.807, 2.05) is 13.8 Å². The van der Waals surface area contributed by atoms with Crippen LogP contribution in [0, 0.1) is 5.92 Å². The maximum absolute atomic E-state index is 12.3. The lowest BCUT2D eigenvalue weighted by molar-refractivity contribution is -0.143. The number of rotatable bonds is 10. The Morgan fingerprint density at radius 1 is 1.23 bits per heavy atom. The van der Waals surface area contributed by atoms with Crippen molar-refractivity contribution in [1.29, 1.82) is 0 Å². The lowest BCUT2D eigenvalue weighted by Gasteiger charge is -2.10. The fraction of sp³-hybridized carbons (Fsp3) is 0.444. The van der Waals surface area contributed by atoms with Gasteiger partial charge in [-0.25, -0.2) is 4.79 Å². The molecule has 0 atom stereocenters. The normalized spacial score (nSPS) is 11.0. The van der Waals surface area contributed by atoms with Crippen LogP contribution in [0.15, 0.2) is 24.3 Å². The molecule has 1 N–H and O–H groups in total. The topological polar surface area (TPSA) is 73.9 Å². The second-order valence-electron chi connectivity index (χ2n) is 5.76. The molecule has 6 nitrogen and oxygen atoms in total. The summed E-state index contributed by atoms with van der Waals surface area (Å²) in [5.74, 6) is -0.612. The number of alkyl halides is 2. The Bertz CT molecular complexity index is 632. The Balaban J connectivity index is 2.51. The Hall–Kier alpha value is -2.64. The Morgan fingerprint density at radius 3 is 2.58 bits per heavy atom. The Labute approximate surface area is 151 Å². The number of nitrogens with one attached hydrogen (secondary N) is 1. The average molecular weight is 371 g/mol. The van der Waals surface area contributed by atoms with E-state index in [1.54, 1.807) is 0 Å². The van der Waals surface area contributed by atoms with Gasteiger partial charge in [-0.2, -0.15) is 8.78 Å². The molecule has 0 unspecified atom stereocenters. The molecule has 0 fully saturated rings. The van der Waals surface area contributed by atoms with E-state index in [0.29, 0.717) is 18.0 Å². The molecule has 0 heterocycles. The Morgan fingerprint density at radius 2 is 1.96 bits per heavy atom. The zero-order chi connectivity index (χ0) is 19.5. The summed E-state index contributed by atoms with van der Waals surface area (Å²) < 4.78 is 38.6. The van der Waals surface area contributed by atoms with Crippen LogP contribution >= 0.6 is 0 Å². The van der Waals surface area contributed by atoms with Crippen molar-refractivity contribution in [1.82, 2.24) is 5.32 Å². The highest BCUT2D eigenvalue weighted by Crippen LogP contribution is 2.29. The van der Waals surface area contributed by atoms with E-state index < -0.39 is 12.6 Å². The molecule has 144 valence electrons. The van der Waals surface area contributed by atoms with Crippen LogP contribution in [0.4, 0.5) is 8.78 Å². The van der Waals surface area contributed by atoms with Crippen LogP contribution in [0.3, 0.4) is 0 Å². The first kappa shape index (κ1) is 21.4. The van der Waals surface area contributed by atoms with E-state index in [4.69, 9.17) is 9.47 Å². The van der Waals surface area contributed by atoms with Gasteiger partial charge in [0.2, 0.25) is 0 Å². The van der Waals surface area contributed by atoms with Gasteiger partial charge in [0.15, 0.2) is 18.1 Å². The van der Waals surface area contributed by atoms with E-state index in [0.717, 1.165) is 12.5 Å². The molecule has 0 saturated carbocycles. The predicted octanol–water partition coefficient (Wildman–Crippen LogP) is 3.02. The van der Waals surface area contributed by atoms with Gasteiger partial charge in [0.05, 0.1) is 7.11 Å². The van der Waals surface area contributed by atoms with Gasteiger partial charge in [-0.3, -0.25) is 4.79 Å². The highest BCUT2D eigenvalue weighted by atomic mass is 19.3. The summed E-state index contributed by atoms with van der Waals surface area (Å²) in [7, 11) is 1.31. The largest absolute Gasteiger partial charge is 0.493 e. The number of benzene rings is 1. The molecule has 0 aliphatic heterocycles. The van der Waals surface area contributed by atoms with Crippen LogP contribution in [0.1, 0.15) is 25.8 Å². The fourth-order valence-corrected chi connectivity index (χ4v) is 1.88. The molecule has 8 heteroatoms. The van der Waals surface area contributed by atoms with E-state index in [1.165, 1.54) is 31.4 Å². The summed E-state index contributed by atoms with van der Waals surface area (Å²) in [5, 5.41) is 2.65. The zero-order valence-corrected chi connectivity index (χ0v) is 15.0. The van der Waals surface area contributed by atoms with Gasteiger partial charge in [0.1, 0.15) is 0 Å². The molecule has 0 aliphatic carbocycles. The summed E-state index contributed by atoms with van der Waals surface area (Å²) in [5.41, 5.74) is 0.516. The maximum Gasteiger partial charge on any atom is 0.387 e. The van der Waals surface area contributed by atoms with Crippen LogP contribution in [0.25, 0.3) is 6.08 Å². The smallest absolute Gasteiger partial charge is 0.387 e. The van der Waals surface area contributed by atoms with Crippen molar-refractivity contribution in [2.75, 3.05) is 20.3 Å². The molecule has 0 saturated heterocycles. The van der Waals surface area contributed by atoms with Crippen molar-refractivity contribution in [3.8, 4) is 11.5 Å². The summed E-state index contributed by atoms with van der Waals surface area (Å²) in [4.78, 5) is 23.1. The molecule has 0 spiro atoms. The van der Waals surface area contributed by atoms with Crippen molar-refractivity contribution in [3.63, 3.8) is 0 Å². The molecule has 1 aromatic rings. The third kappa shape index (κ3) is 8.46. The number of halogens is 2. The number of amides is 1. The molecule has 1 aromatic carbocycles. The maximum atomic E-state index is 12.3. The molecule has 0 radical (unpaired) electrons. The minimum atomic E-state index is -2.97. The number of hydrogen-bond acceptors (Lipinski definition) is 5. The molecule has 1 amide bonds. The lowest BCUT2D eigenvalue weighted by atomic mass is 10.1. The molecule has 1 rings (SSSR count). The lowest BCUT2D eigenvalue weighted by Crippen LogP contribution is -2.29. The second-order valence-corrected chi connectivity index (χ2v) is 5.76. The summed E-state index contributed by atoms with van der Waals surface area (Å²) in [6.07, 6.45) is 3.38. The highest BCUT2D eigenvalue weighted by molar-refractivity contribution is 5.89. The number of methoxy groups -OCH3 is 1. The van der Waals surface area contributed by atoms with Crippen LogP contribution in [0.2, 0.25) is 0 Å². The van der Waals surface area contributed by atoms with Crippen molar-refractivity contribution in [3.05, 3.63) is 29.8 Å². The summed E-state index contributed by atoms with van der Waals surface area (Å²) in [6.45, 7) is 1.27. The average Bonchev–Trinajstić information content (AvgIpc) is 2.58. The monoisotopic (exact) mass is 371 g/mol. The number of ether oxygens (including phenoxy) is 3. The van der Waals surface area contributed by atoms with E-state index in [-0.39, 0.29) is 24.0 Å². The van der Waals surface area contributed by atoms with Crippen LogP contribution in [-0.4, -0.2) is 38.7 Å². The van der Waals surface area contributed by atoms with Gasteiger partial charge in [0.25, 0.3) is 5.91 Å². The van der Waals surface area contributed by atoms with Crippen molar-refractivity contribution >= 4 is 18.0 Å². The minimum Gasteiger partial charge on any atom is -0.493 e. The first-order valence-electron chi connectivity index (χ1n) is 8.06. The van der Waals surface area contributed by atoms with Crippen molar-refractivity contribution in [2.24, 2.45) is 5.92 Å². The number of hydrogen-bond donors (Lipinski definition) is 1. The van der Waals surface area contributed by atoms with E-state index >= 15 is 0 Å². The van der Waals surface area contributed by atoms with E-state index in [2.05, 4.69) is 10.1 Å². The van der Waals surface area contributed by atoms with E-state index in [9.17, 15) is 18.4 Å². The van der Waals surface area contributed by atoms with Gasteiger partial charge in [-0.15, -0.1) is 0 Å². The van der Waals surface area contributed by atoms with Crippen LogP contribution < -0.4 is 14.8 Å². The van der Waals surface area contributed by atoms with Gasteiger partial charge in [-0.1, -0.05) is 19.9 Å². The fourth-order valence-electron chi connectivity index (χ4n) is 1.88. The summed E-state index contributed by atoms with van der Waals surface area (Å²) in [6, 6.07) is 4.21. The third-order valence-electron chi connectivity index (χ3n) is 3.20. The standard InChI is InChI=1S/C18H23F2NO5/c1-12(2)8-9-21-16(22)11-25-17(23)7-5-13-4-6-14(26-18(19)20)15(10-13)24-3/h4-7,10,12,18H,8-9,11H2,1-3H3,(H,21,22)/b7-5+. The zero-order valence-electron chi connectivity index (χ0n) is 15.0. The molecule has 0 aromatic heterocycles. The van der Waals surface area contributed by atoms with Crippen molar-refractivity contribution < 1.29 is 32.6 Å². The van der Waals surface area contributed by atoms with Crippen LogP contribution in [0.5, 0.6) is 11.5 Å². The third-order valence-corrected chi connectivity index (χ3v) is 3.20. The Kier molecular flexibility index (Phi) is 9.11. The first-order chi connectivity index (χ1) is 12.3. The summed E-state index contributed by atoms with van der Waals surface area (Å²) >= 11 is 0. The minimum absolute atomic E-state index is 0.102. The number of esters is 1. The van der Waals surface area contributed by atoms with Crippen LogP contribution in [-0.2, 0) is 14.3 Å². The quantitative estimate of drug-likeness (QED) is 0.506. The molecule has 0 aliphatic rings. The second kappa shape index (κ2) is 11.1. The van der Waals surface area contributed by atoms with Crippen molar-refractivity contribution in [2.45, 2.75) is 26.9 Å². The highest BCUT2D eigenvalue weighted by Gasteiger charge is 2.10. The molecular formula is C18H23F2NO5. The molecule has 26 heavy (non-hydrogen) atoms. The molecular weight excluding hydrogens is 348 g/mol. The first-order valence-corrected chi connectivity index (χ1v) is 8.06. The SMILES string of the molecule is COc1cc(/C=C/C(=O)OCC(=O)NCCC(C)C)ccc1OC(F)F. The van der Waals surface area contributed by atoms with Gasteiger partial charge < -0.3 is 19.5 Å². The predicted molar refractivity (Wildman–Crippen MR) is 92.1 cm³/mol.